The molecule has 0 aliphatic rings. The molecule has 0 spiro atoms. The van der Waals surface area contributed by atoms with Gasteiger partial charge in [0.05, 0.1) is 6.54 Å². The van der Waals surface area contributed by atoms with Gasteiger partial charge in [0.15, 0.2) is 0 Å². The summed E-state index contributed by atoms with van der Waals surface area (Å²) < 4.78 is 5.61. The molecule has 1 heterocycles. The van der Waals surface area contributed by atoms with Gasteiger partial charge in [-0.25, -0.2) is 0 Å². The Kier molecular flexibility index (Phi) is 4.24. The molecule has 2 rings (SSSR count). The van der Waals surface area contributed by atoms with E-state index in [1.165, 1.54) is 0 Å². The van der Waals surface area contributed by atoms with Crippen LogP contribution < -0.4 is 5.32 Å². The van der Waals surface area contributed by atoms with Gasteiger partial charge in [0.2, 0.25) is 0 Å². The molecule has 3 heteroatoms. The first-order valence-electron chi connectivity index (χ1n) is 5.81. The summed E-state index contributed by atoms with van der Waals surface area (Å²) in [5, 5.41) is 4.12. The zero-order valence-corrected chi connectivity index (χ0v) is 10.6. The third kappa shape index (κ3) is 3.35. The zero-order chi connectivity index (χ0) is 12.1. The molecule has 0 saturated heterocycles. The number of furan rings is 1. The second-order valence-corrected chi connectivity index (χ2v) is 4.32. The predicted octanol–water partition coefficient (Wildman–Crippen LogP) is 3.79. The lowest BCUT2D eigenvalue weighted by Gasteiger charge is -2.04. The standard InChI is InChI=1S/C14H16ClNO/c1-2-12-7-8-13(17-12)10-16-9-11-5-3-4-6-14(11)15/h3-8,16H,2,9-10H2,1H3. The van der Waals surface area contributed by atoms with Gasteiger partial charge in [-0.1, -0.05) is 36.7 Å². The number of nitrogens with one attached hydrogen (secondary N) is 1. The molecule has 1 aromatic carbocycles. The fourth-order valence-electron chi connectivity index (χ4n) is 1.67. The summed E-state index contributed by atoms with van der Waals surface area (Å²) in [5.74, 6) is 1.99. The van der Waals surface area contributed by atoms with Crippen LogP contribution in [0.3, 0.4) is 0 Å². The molecule has 0 unspecified atom stereocenters. The van der Waals surface area contributed by atoms with Crippen LogP contribution >= 0.6 is 11.6 Å². The molecule has 1 aromatic heterocycles. The fraction of sp³-hybridized carbons (Fsp3) is 0.286. The first-order valence-corrected chi connectivity index (χ1v) is 6.19. The Bertz CT molecular complexity index is 479. The second kappa shape index (κ2) is 5.89. The summed E-state index contributed by atoms with van der Waals surface area (Å²) in [7, 11) is 0. The minimum atomic E-state index is 0.727. The van der Waals surface area contributed by atoms with Crippen LogP contribution in [0.15, 0.2) is 40.8 Å². The number of hydrogen-bond donors (Lipinski definition) is 1. The SMILES string of the molecule is CCc1ccc(CNCc2ccccc2Cl)o1. The summed E-state index contributed by atoms with van der Waals surface area (Å²) in [6, 6.07) is 11.9. The van der Waals surface area contributed by atoms with Crippen LogP contribution in [0.25, 0.3) is 0 Å². The highest BCUT2D eigenvalue weighted by Gasteiger charge is 2.01. The summed E-state index contributed by atoms with van der Waals surface area (Å²) in [6.45, 7) is 3.56. The van der Waals surface area contributed by atoms with Crippen molar-refractivity contribution in [2.24, 2.45) is 0 Å². The molecule has 2 aromatic rings. The molecule has 0 fully saturated rings. The summed E-state index contributed by atoms with van der Waals surface area (Å²) in [4.78, 5) is 0. The summed E-state index contributed by atoms with van der Waals surface area (Å²) in [6.07, 6.45) is 0.935. The van der Waals surface area contributed by atoms with Crippen molar-refractivity contribution in [3.05, 3.63) is 58.5 Å². The van der Waals surface area contributed by atoms with Crippen molar-refractivity contribution in [3.63, 3.8) is 0 Å². The van der Waals surface area contributed by atoms with Crippen LogP contribution in [0.1, 0.15) is 24.0 Å². The Morgan fingerprint density at radius 2 is 1.82 bits per heavy atom. The lowest BCUT2D eigenvalue weighted by Crippen LogP contribution is -2.12. The average Bonchev–Trinajstić information content (AvgIpc) is 2.80. The first kappa shape index (κ1) is 12.2. The van der Waals surface area contributed by atoms with Crippen LogP contribution in [0, 0.1) is 0 Å². The normalized spacial score (nSPS) is 10.7. The Morgan fingerprint density at radius 3 is 2.53 bits per heavy atom. The highest BCUT2D eigenvalue weighted by atomic mass is 35.5. The maximum absolute atomic E-state index is 6.07. The molecule has 0 atom stereocenters. The van der Waals surface area contributed by atoms with Gasteiger partial charge in [-0.05, 0) is 23.8 Å². The van der Waals surface area contributed by atoms with Crippen LogP contribution in [-0.2, 0) is 19.5 Å². The van der Waals surface area contributed by atoms with E-state index >= 15 is 0 Å². The third-order valence-corrected chi connectivity index (χ3v) is 3.01. The number of rotatable bonds is 5. The van der Waals surface area contributed by atoms with E-state index in [1.807, 2.05) is 36.4 Å². The highest BCUT2D eigenvalue weighted by Crippen LogP contribution is 2.14. The second-order valence-electron chi connectivity index (χ2n) is 3.92. The molecule has 0 saturated carbocycles. The molecule has 1 N–H and O–H groups in total. The van der Waals surface area contributed by atoms with Gasteiger partial charge < -0.3 is 9.73 Å². The van der Waals surface area contributed by atoms with Crippen molar-refractivity contribution in [1.29, 1.82) is 0 Å². The lowest BCUT2D eigenvalue weighted by atomic mass is 10.2. The average molecular weight is 250 g/mol. The van der Waals surface area contributed by atoms with Gasteiger partial charge in [0.25, 0.3) is 0 Å². The van der Waals surface area contributed by atoms with E-state index in [0.29, 0.717) is 0 Å². The number of hydrogen-bond acceptors (Lipinski definition) is 2. The largest absolute Gasteiger partial charge is 0.465 e. The first-order chi connectivity index (χ1) is 8.29. The molecule has 0 amide bonds. The minimum Gasteiger partial charge on any atom is -0.465 e. The van der Waals surface area contributed by atoms with Crippen molar-refractivity contribution in [3.8, 4) is 0 Å². The lowest BCUT2D eigenvalue weighted by molar-refractivity contribution is 0.450. The third-order valence-electron chi connectivity index (χ3n) is 2.64. The Labute approximate surface area is 107 Å². The van der Waals surface area contributed by atoms with Crippen molar-refractivity contribution in [1.82, 2.24) is 5.32 Å². The van der Waals surface area contributed by atoms with Crippen LogP contribution in [0.4, 0.5) is 0 Å². The number of aryl methyl sites for hydroxylation is 1. The van der Waals surface area contributed by atoms with E-state index in [0.717, 1.165) is 41.6 Å². The quantitative estimate of drug-likeness (QED) is 0.872. The molecule has 17 heavy (non-hydrogen) atoms. The van der Waals surface area contributed by atoms with E-state index in [4.69, 9.17) is 16.0 Å². The Morgan fingerprint density at radius 1 is 1.06 bits per heavy atom. The van der Waals surface area contributed by atoms with Crippen molar-refractivity contribution < 1.29 is 4.42 Å². The van der Waals surface area contributed by atoms with Crippen LogP contribution in [0.5, 0.6) is 0 Å². The minimum absolute atomic E-state index is 0.727. The van der Waals surface area contributed by atoms with Crippen molar-refractivity contribution in [2.75, 3.05) is 0 Å². The molecule has 0 bridgehead atoms. The van der Waals surface area contributed by atoms with Gasteiger partial charge in [-0.15, -0.1) is 0 Å². The maximum Gasteiger partial charge on any atom is 0.117 e. The summed E-state index contributed by atoms with van der Waals surface area (Å²) >= 11 is 6.07. The van der Waals surface area contributed by atoms with E-state index in [2.05, 4.69) is 12.2 Å². The molecule has 90 valence electrons. The molecular formula is C14H16ClNO. The van der Waals surface area contributed by atoms with Crippen LogP contribution in [-0.4, -0.2) is 0 Å². The van der Waals surface area contributed by atoms with Gasteiger partial charge in [-0.3, -0.25) is 0 Å². The fourth-order valence-corrected chi connectivity index (χ4v) is 1.87. The van der Waals surface area contributed by atoms with E-state index in [9.17, 15) is 0 Å². The van der Waals surface area contributed by atoms with Gasteiger partial charge in [-0.2, -0.15) is 0 Å². The Hall–Kier alpha value is -1.25. The van der Waals surface area contributed by atoms with Gasteiger partial charge in [0, 0.05) is 18.0 Å². The monoisotopic (exact) mass is 249 g/mol. The molecule has 0 aliphatic heterocycles. The molecule has 2 nitrogen and oxygen atoms in total. The number of halogens is 1. The summed E-state index contributed by atoms with van der Waals surface area (Å²) in [5.41, 5.74) is 1.11. The predicted molar refractivity (Wildman–Crippen MR) is 70.1 cm³/mol. The van der Waals surface area contributed by atoms with E-state index < -0.39 is 0 Å². The van der Waals surface area contributed by atoms with Crippen molar-refractivity contribution >= 4 is 11.6 Å². The Balaban J connectivity index is 1.85. The van der Waals surface area contributed by atoms with Gasteiger partial charge >= 0.3 is 0 Å². The van der Waals surface area contributed by atoms with E-state index in [1.54, 1.807) is 0 Å². The maximum atomic E-state index is 6.07. The van der Waals surface area contributed by atoms with Crippen molar-refractivity contribution in [2.45, 2.75) is 26.4 Å². The van der Waals surface area contributed by atoms with Crippen LogP contribution in [0.2, 0.25) is 5.02 Å². The zero-order valence-electron chi connectivity index (χ0n) is 9.87. The number of benzene rings is 1. The molecule has 0 radical (unpaired) electrons. The van der Waals surface area contributed by atoms with Gasteiger partial charge in [0.1, 0.15) is 11.5 Å². The topological polar surface area (TPSA) is 25.2 Å². The highest BCUT2D eigenvalue weighted by molar-refractivity contribution is 6.31. The smallest absolute Gasteiger partial charge is 0.117 e. The molecular weight excluding hydrogens is 234 g/mol. The van der Waals surface area contributed by atoms with E-state index in [-0.39, 0.29) is 0 Å². The molecule has 0 aliphatic carbocycles.